The van der Waals surface area contributed by atoms with E-state index in [0.29, 0.717) is 22.1 Å². The summed E-state index contributed by atoms with van der Waals surface area (Å²) in [5.41, 5.74) is 1.62. The van der Waals surface area contributed by atoms with Crippen molar-refractivity contribution >= 4 is 34.7 Å². The van der Waals surface area contributed by atoms with Crippen molar-refractivity contribution in [1.29, 1.82) is 0 Å². The maximum Gasteiger partial charge on any atom is 0.586 e. The van der Waals surface area contributed by atoms with Gasteiger partial charge in [0, 0.05) is 38.2 Å². The highest BCUT2D eigenvalue weighted by atomic mass is 35.5. The van der Waals surface area contributed by atoms with Gasteiger partial charge in [0.05, 0.1) is 25.8 Å². The highest BCUT2D eigenvalue weighted by molar-refractivity contribution is 7.85. The summed E-state index contributed by atoms with van der Waals surface area (Å²) in [5.74, 6) is 0.585. The smallest absolute Gasteiger partial charge is 0.496 e. The van der Waals surface area contributed by atoms with Crippen LogP contribution in [-0.4, -0.2) is 27.1 Å². The van der Waals surface area contributed by atoms with Gasteiger partial charge < -0.3 is 28.2 Å². The number of halogens is 3. The van der Waals surface area contributed by atoms with Crippen LogP contribution < -0.4 is 39.6 Å². The summed E-state index contributed by atoms with van der Waals surface area (Å²) >= 11 is 7.06. The van der Waals surface area contributed by atoms with E-state index in [0.717, 1.165) is 22.3 Å². The van der Waals surface area contributed by atoms with Crippen molar-refractivity contribution in [2.24, 2.45) is 0 Å². The summed E-state index contributed by atoms with van der Waals surface area (Å²) < 4.78 is 73.9. The Morgan fingerprint density at radius 2 is 1.02 bits per heavy atom. The van der Waals surface area contributed by atoms with Crippen molar-refractivity contribution in [3.8, 4) is 28.7 Å². The molecule has 0 saturated carbocycles. The monoisotopic (exact) mass is 720 g/mol. The fourth-order valence-corrected chi connectivity index (χ4v) is 9.52. The maximum atomic E-state index is 16.8. The van der Waals surface area contributed by atoms with Crippen molar-refractivity contribution < 1.29 is 37.0 Å². The number of hydrogen-bond donors (Lipinski definition) is 0. The van der Waals surface area contributed by atoms with E-state index in [1.165, 1.54) is 6.07 Å². The first-order valence-corrected chi connectivity index (χ1v) is 18.6. The van der Waals surface area contributed by atoms with Gasteiger partial charge in [0.1, 0.15) is 11.5 Å². The normalized spacial score (nSPS) is 15.0. The molecule has 3 aromatic carbocycles. The Morgan fingerprint density at radius 3 is 1.33 bits per heavy atom. The Bertz CT molecular complexity index is 1650. The molecule has 49 heavy (non-hydrogen) atoms. The Balaban J connectivity index is 2.34. The average Bonchev–Trinajstić information content (AvgIpc) is 3.30. The van der Waals surface area contributed by atoms with Crippen LogP contribution in [0.3, 0.4) is 0 Å². The van der Waals surface area contributed by atoms with E-state index in [1.54, 1.807) is 21.1 Å². The lowest BCUT2D eigenvalue weighted by molar-refractivity contribution is -0.287. The molecule has 0 aliphatic carbocycles. The van der Waals surface area contributed by atoms with Gasteiger partial charge in [0.25, 0.3) is 0 Å². The Kier molecular flexibility index (Phi) is 10.0. The summed E-state index contributed by atoms with van der Waals surface area (Å²) in [6.45, 7) is 26.7. The summed E-state index contributed by atoms with van der Waals surface area (Å²) in [7, 11) is -0.817. The zero-order valence-corrected chi connectivity index (χ0v) is 33.3. The van der Waals surface area contributed by atoms with Gasteiger partial charge in [0.15, 0.2) is 18.6 Å². The minimum Gasteiger partial charge on any atom is -0.496 e. The molecule has 0 fully saturated rings. The first-order chi connectivity index (χ1) is 22.2. The number of ether oxygens (including phenoxy) is 5. The molecule has 0 spiro atoms. The van der Waals surface area contributed by atoms with Crippen LogP contribution in [0.25, 0.3) is 0 Å². The number of benzene rings is 3. The third-order valence-corrected chi connectivity index (χ3v) is 12.2. The molecule has 0 aromatic heterocycles. The third-order valence-electron chi connectivity index (χ3n) is 8.72. The molecule has 1 aliphatic rings. The van der Waals surface area contributed by atoms with E-state index >= 15 is 4.57 Å². The first kappa shape index (κ1) is 38.8. The van der Waals surface area contributed by atoms with Gasteiger partial charge >= 0.3 is 6.29 Å². The maximum absolute atomic E-state index is 16.8. The molecule has 270 valence electrons. The molecule has 0 amide bonds. The van der Waals surface area contributed by atoms with Crippen LogP contribution >= 0.6 is 18.7 Å². The number of hydrogen-bond acceptors (Lipinski definition) is 6. The van der Waals surface area contributed by atoms with E-state index in [2.05, 4.69) is 83.1 Å². The van der Waals surface area contributed by atoms with Crippen molar-refractivity contribution in [3.05, 3.63) is 57.6 Å². The molecular formula is C39H52ClF2O6P. The fraction of sp³-hybridized carbons (Fsp3) is 0.538. The van der Waals surface area contributed by atoms with Crippen LogP contribution in [0.2, 0.25) is 5.02 Å². The summed E-state index contributed by atoms with van der Waals surface area (Å²) in [5, 5.41) is 0.772. The number of alkyl halides is 2. The molecule has 1 heterocycles. The van der Waals surface area contributed by atoms with Gasteiger partial charge in [-0.25, -0.2) is 0 Å². The van der Waals surface area contributed by atoms with Gasteiger partial charge in [0.2, 0.25) is 5.75 Å². The SMILES string of the molecule is CCOc1cc(P(=O)(c2cc(C(C)(C)C)c(OC)c(C(C)(C)C)c2)c2cc(C(C)(C)C)c(OC)c(C(C)(C)C)c2)c(Cl)c2c1OC(F)(F)O2. The molecule has 1 aliphatic heterocycles. The van der Waals surface area contributed by atoms with Crippen molar-refractivity contribution in [2.45, 2.75) is 118 Å². The van der Waals surface area contributed by atoms with Gasteiger partial charge in [-0.2, -0.15) is 0 Å². The van der Waals surface area contributed by atoms with E-state index in [-0.39, 0.29) is 28.4 Å². The van der Waals surface area contributed by atoms with Crippen LogP contribution in [0.5, 0.6) is 28.7 Å². The Morgan fingerprint density at radius 1 is 0.673 bits per heavy atom. The first-order valence-electron chi connectivity index (χ1n) is 16.5. The van der Waals surface area contributed by atoms with E-state index in [4.69, 9.17) is 35.3 Å². The van der Waals surface area contributed by atoms with Crippen LogP contribution in [0.4, 0.5) is 8.78 Å². The Hall–Kier alpha value is -2.96. The predicted octanol–water partition coefficient (Wildman–Crippen LogP) is 9.91. The molecule has 10 heteroatoms. The molecule has 6 nitrogen and oxygen atoms in total. The molecule has 0 unspecified atom stereocenters. The number of methoxy groups -OCH3 is 2. The molecule has 0 saturated heterocycles. The van der Waals surface area contributed by atoms with Gasteiger partial charge in [-0.1, -0.05) is 94.7 Å². The summed E-state index contributed by atoms with van der Waals surface area (Å²) in [6, 6.07) is 9.08. The molecular weight excluding hydrogens is 669 g/mol. The lowest BCUT2D eigenvalue weighted by atomic mass is 9.79. The highest BCUT2D eigenvalue weighted by Crippen LogP contribution is 2.57. The van der Waals surface area contributed by atoms with Crippen molar-refractivity contribution in [1.82, 2.24) is 0 Å². The van der Waals surface area contributed by atoms with Crippen LogP contribution in [0, 0.1) is 0 Å². The minimum atomic E-state index is -4.09. The highest BCUT2D eigenvalue weighted by Gasteiger charge is 2.49. The number of rotatable bonds is 7. The topological polar surface area (TPSA) is 63.2 Å². The van der Waals surface area contributed by atoms with Crippen molar-refractivity contribution in [3.63, 3.8) is 0 Å². The van der Waals surface area contributed by atoms with E-state index in [1.807, 2.05) is 24.3 Å². The minimum absolute atomic E-state index is 0.0458. The lowest BCUT2D eigenvalue weighted by Crippen LogP contribution is -2.32. The van der Waals surface area contributed by atoms with E-state index < -0.39 is 40.8 Å². The standard InChI is InChI=1S/C39H52ClF2O6P/c1-16-46-28-21-29(30(40)34-33(28)47-39(41,42)48-34)49(43,22-17-24(35(2,3)4)31(44-14)25(18-22)36(5,6)7)23-19-26(37(8,9)10)32(45-15)27(20-23)38(11,12)13/h17-21H,16H2,1-15H3. The fourth-order valence-electron chi connectivity index (χ4n) is 6.21. The largest absolute Gasteiger partial charge is 0.586 e. The zero-order valence-electron chi connectivity index (χ0n) is 31.6. The third kappa shape index (κ3) is 7.15. The molecule has 0 atom stereocenters. The van der Waals surface area contributed by atoms with Crippen LogP contribution in [-0.2, 0) is 26.2 Å². The second kappa shape index (κ2) is 12.7. The average molecular weight is 721 g/mol. The molecule has 0 N–H and O–H groups in total. The van der Waals surface area contributed by atoms with Gasteiger partial charge in [-0.05, 0) is 58.9 Å². The molecule has 0 bridgehead atoms. The second-order valence-electron chi connectivity index (χ2n) is 16.7. The van der Waals surface area contributed by atoms with Crippen LogP contribution in [0.15, 0.2) is 30.3 Å². The second-order valence-corrected chi connectivity index (χ2v) is 19.8. The van der Waals surface area contributed by atoms with Crippen molar-refractivity contribution in [2.75, 3.05) is 20.8 Å². The van der Waals surface area contributed by atoms with Gasteiger partial charge in [-0.15, -0.1) is 8.78 Å². The molecule has 3 aromatic rings. The van der Waals surface area contributed by atoms with Gasteiger partial charge in [-0.3, -0.25) is 0 Å². The Labute approximate surface area is 296 Å². The molecule has 0 radical (unpaired) electrons. The number of fused-ring (bicyclic) bond motifs is 1. The quantitative estimate of drug-likeness (QED) is 0.227. The van der Waals surface area contributed by atoms with E-state index in [9.17, 15) is 8.78 Å². The summed E-state index contributed by atoms with van der Waals surface area (Å²) in [4.78, 5) is 0. The lowest BCUT2D eigenvalue weighted by Gasteiger charge is -2.34. The predicted molar refractivity (Wildman–Crippen MR) is 196 cm³/mol. The molecule has 4 rings (SSSR count). The summed E-state index contributed by atoms with van der Waals surface area (Å²) in [6.07, 6.45) is -3.99. The van der Waals surface area contributed by atoms with Crippen LogP contribution in [0.1, 0.15) is 112 Å². The zero-order chi connectivity index (χ0) is 37.3.